The zero-order valence-corrected chi connectivity index (χ0v) is 22.5. The van der Waals surface area contributed by atoms with Crippen LogP contribution in [0, 0.1) is 0 Å². The first-order chi connectivity index (χ1) is 18.6. The fourth-order valence-corrected chi connectivity index (χ4v) is 5.63. The van der Waals surface area contributed by atoms with Crippen molar-refractivity contribution in [2.45, 2.75) is 70.5 Å². The Bertz CT molecular complexity index is 1310. The maximum atomic E-state index is 14.1. The summed E-state index contributed by atoms with van der Waals surface area (Å²) in [7, 11) is 0. The molecule has 1 aromatic carbocycles. The van der Waals surface area contributed by atoms with Crippen LogP contribution in [0.15, 0.2) is 30.3 Å². The van der Waals surface area contributed by atoms with E-state index in [4.69, 9.17) is 14.7 Å². The molecule has 1 amide bonds. The van der Waals surface area contributed by atoms with Crippen LogP contribution < -0.4 is 10.2 Å². The number of nitrogens with zero attached hydrogens (tertiary/aromatic N) is 6. The van der Waals surface area contributed by atoms with E-state index in [9.17, 15) is 18.7 Å². The van der Waals surface area contributed by atoms with Crippen molar-refractivity contribution in [1.29, 1.82) is 0 Å². The highest BCUT2D eigenvalue weighted by atomic mass is 19.3. The number of para-hydroxylation sites is 2. The van der Waals surface area contributed by atoms with Crippen LogP contribution >= 0.6 is 0 Å². The zero-order valence-electron chi connectivity index (χ0n) is 22.5. The number of morpholine rings is 1. The molecule has 0 unspecified atom stereocenters. The van der Waals surface area contributed by atoms with Crippen LogP contribution in [0.4, 0.5) is 25.3 Å². The zero-order chi connectivity index (χ0) is 27.7. The van der Waals surface area contributed by atoms with Crippen LogP contribution in [0.3, 0.4) is 0 Å². The molecule has 0 spiro atoms. The fraction of sp³-hybridized carbons (Fsp3) is 0.556. The van der Waals surface area contributed by atoms with Crippen LogP contribution in [0.2, 0.25) is 0 Å². The normalized spacial score (nSPS) is 20.4. The highest BCUT2D eigenvalue weighted by molar-refractivity contribution is 5.78. The molecule has 1 aliphatic carbocycles. The van der Waals surface area contributed by atoms with E-state index in [1.54, 1.807) is 35.2 Å². The smallest absolute Gasteiger partial charge is 0.407 e. The molecule has 10 nitrogen and oxygen atoms in total. The SMILES string of the molecule is CC(C)(C)N(C(=O)O)[C@H]1CC[C@H](Nc2cc(-n3c(C(F)F)nc4ccccc43)nc(N3CCOCC3)n2)CC1. The highest BCUT2D eigenvalue weighted by Crippen LogP contribution is 2.32. The van der Waals surface area contributed by atoms with Crippen molar-refractivity contribution < 1.29 is 23.4 Å². The number of fused-ring (bicyclic) bond motifs is 1. The maximum absolute atomic E-state index is 14.1. The third-order valence-electron chi connectivity index (χ3n) is 7.35. The molecular formula is C27H35F2N7O3. The number of hydrogen-bond donors (Lipinski definition) is 2. The summed E-state index contributed by atoms with van der Waals surface area (Å²) in [5.74, 6) is 0.922. The summed E-state index contributed by atoms with van der Waals surface area (Å²) in [6.45, 7) is 7.99. The second-order valence-electron chi connectivity index (χ2n) is 11.1. The number of halogens is 2. The van der Waals surface area contributed by atoms with Crippen molar-refractivity contribution >= 4 is 28.9 Å². The molecule has 0 bridgehead atoms. The first-order valence-electron chi connectivity index (χ1n) is 13.4. The Morgan fingerprint density at radius 1 is 1.10 bits per heavy atom. The lowest BCUT2D eigenvalue weighted by atomic mass is 9.88. The van der Waals surface area contributed by atoms with E-state index in [1.807, 2.05) is 25.7 Å². The number of imidazole rings is 1. The molecule has 3 aromatic rings. The van der Waals surface area contributed by atoms with Crippen LogP contribution in [0.1, 0.15) is 58.7 Å². The molecule has 2 aliphatic rings. The summed E-state index contributed by atoms with van der Waals surface area (Å²) < 4.78 is 35.1. The summed E-state index contributed by atoms with van der Waals surface area (Å²) in [4.78, 5) is 29.1. The number of alkyl halides is 2. The molecule has 2 aromatic heterocycles. The minimum atomic E-state index is -2.79. The number of amides is 1. The molecule has 1 saturated heterocycles. The molecule has 0 radical (unpaired) electrons. The number of nitrogens with one attached hydrogen (secondary N) is 1. The van der Waals surface area contributed by atoms with Crippen molar-refractivity contribution in [3.63, 3.8) is 0 Å². The molecule has 210 valence electrons. The van der Waals surface area contributed by atoms with Gasteiger partial charge in [-0.05, 0) is 58.6 Å². The maximum Gasteiger partial charge on any atom is 0.407 e. The van der Waals surface area contributed by atoms with Crippen molar-refractivity contribution in [1.82, 2.24) is 24.4 Å². The quantitative estimate of drug-likeness (QED) is 0.443. The second-order valence-corrected chi connectivity index (χ2v) is 11.1. The molecular weight excluding hydrogens is 508 g/mol. The number of carbonyl (C=O) groups is 1. The summed E-state index contributed by atoms with van der Waals surface area (Å²) in [6, 6.07) is 8.70. The summed E-state index contributed by atoms with van der Waals surface area (Å²) in [5.41, 5.74) is 0.525. The fourth-order valence-electron chi connectivity index (χ4n) is 5.63. The minimum Gasteiger partial charge on any atom is -0.465 e. The summed E-state index contributed by atoms with van der Waals surface area (Å²) in [5, 5.41) is 13.3. The Balaban J connectivity index is 1.45. The van der Waals surface area contributed by atoms with E-state index in [1.165, 1.54) is 4.57 Å². The van der Waals surface area contributed by atoms with Crippen molar-refractivity contribution in [3.8, 4) is 5.82 Å². The van der Waals surface area contributed by atoms with Gasteiger partial charge in [-0.15, -0.1) is 0 Å². The molecule has 2 fully saturated rings. The lowest BCUT2D eigenvalue weighted by Gasteiger charge is -2.42. The molecule has 1 saturated carbocycles. The Morgan fingerprint density at radius 2 is 1.79 bits per heavy atom. The second kappa shape index (κ2) is 10.9. The lowest BCUT2D eigenvalue weighted by Crippen LogP contribution is -2.52. The predicted octanol–water partition coefficient (Wildman–Crippen LogP) is 5.09. The number of hydrogen-bond acceptors (Lipinski definition) is 7. The van der Waals surface area contributed by atoms with E-state index in [0.29, 0.717) is 54.9 Å². The third kappa shape index (κ3) is 5.75. The first-order valence-corrected chi connectivity index (χ1v) is 13.4. The van der Waals surface area contributed by atoms with Crippen molar-refractivity contribution in [2.75, 3.05) is 36.5 Å². The van der Waals surface area contributed by atoms with Crippen LogP contribution in [0.25, 0.3) is 16.9 Å². The van der Waals surface area contributed by atoms with Crippen molar-refractivity contribution in [3.05, 3.63) is 36.2 Å². The number of carboxylic acid groups (broad SMARTS) is 1. The molecule has 1 aliphatic heterocycles. The average Bonchev–Trinajstić information content (AvgIpc) is 3.29. The van der Waals surface area contributed by atoms with Gasteiger partial charge >= 0.3 is 6.09 Å². The van der Waals surface area contributed by atoms with Gasteiger partial charge < -0.3 is 25.0 Å². The average molecular weight is 544 g/mol. The monoisotopic (exact) mass is 543 g/mol. The van der Waals surface area contributed by atoms with E-state index < -0.39 is 18.1 Å². The number of ether oxygens (including phenoxy) is 1. The van der Waals surface area contributed by atoms with Gasteiger partial charge in [0.15, 0.2) is 5.82 Å². The molecule has 12 heteroatoms. The van der Waals surface area contributed by atoms with Gasteiger partial charge in [-0.1, -0.05) is 12.1 Å². The van der Waals surface area contributed by atoms with Gasteiger partial charge in [0.2, 0.25) is 5.95 Å². The number of benzene rings is 1. The largest absolute Gasteiger partial charge is 0.465 e. The van der Waals surface area contributed by atoms with E-state index in [2.05, 4.69) is 10.3 Å². The highest BCUT2D eigenvalue weighted by Gasteiger charge is 2.35. The molecule has 0 atom stereocenters. The van der Waals surface area contributed by atoms with Crippen molar-refractivity contribution in [2.24, 2.45) is 0 Å². The number of aromatic nitrogens is 4. The Kier molecular flexibility index (Phi) is 7.57. The van der Waals surface area contributed by atoms with Gasteiger partial charge in [0.1, 0.15) is 11.6 Å². The molecule has 2 N–H and O–H groups in total. The van der Waals surface area contributed by atoms with Gasteiger partial charge in [0.25, 0.3) is 6.43 Å². The molecule has 5 rings (SSSR count). The van der Waals surface area contributed by atoms with Gasteiger partial charge in [-0.2, -0.15) is 9.97 Å². The number of rotatable bonds is 6. The van der Waals surface area contributed by atoms with Gasteiger partial charge in [-0.3, -0.25) is 4.57 Å². The lowest BCUT2D eigenvalue weighted by molar-refractivity contribution is 0.0556. The summed E-state index contributed by atoms with van der Waals surface area (Å²) >= 11 is 0. The first kappa shape index (κ1) is 27.0. The predicted molar refractivity (Wildman–Crippen MR) is 144 cm³/mol. The third-order valence-corrected chi connectivity index (χ3v) is 7.35. The Morgan fingerprint density at radius 3 is 2.44 bits per heavy atom. The number of anilines is 2. The Labute approximate surface area is 226 Å². The van der Waals surface area contributed by atoms with Gasteiger partial charge in [-0.25, -0.2) is 18.6 Å². The molecule has 39 heavy (non-hydrogen) atoms. The van der Waals surface area contributed by atoms with Crippen LogP contribution in [0.5, 0.6) is 0 Å². The van der Waals surface area contributed by atoms with E-state index in [0.717, 1.165) is 25.7 Å². The van der Waals surface area contributed by atoms with Gasteiger partial charge in [0, 0.05) is 36.8 Å². The van der Waals surface area contributed by atoms with E-state index in [-0.39, 0.29) is 17.9 Å². The standard InChI is InChI=1S/C27H35F2N7O3/c1-27(2,3)36(26(37)38)18-10-8-17(9-11-18)30-21-16-22(33-25(32-21)34-12-14-39-15-13-34)35-20-7-5-4-6-19(20)31-24(35)23(28)29/h4-7,16-18,23H,8-15H2,1-3H3,(H,37,38)(H,30,32,33)/t17-,18-. The topological polar surface area (TPSA) is 109 Å². The van der Waals surface area contributed by atoms with Crippen LogP contribution in [-0.4, -0.2) is 79.5 Å². The van der Waals surface area contributed by atoms with Crippen LogP contribution in [-0.2, 0) is 4.74 Å². The minimum absolute atomic E-state index is 0.0589. The summed E-state index contributed by atoms with van der Waals surface area (Å²) in [6.07, 6.45) is -0.739. The van der Waals surface area contributed by atoms with E-state index >= 15 is 0 Å². The molecule has 3 heterocycles. The van der Waals surface area contributed by atoms with Gasteiger partial charge in [0.05, 0.1) is 24.2 Å². The Hall–Kier alpha value is -3.54.